The molecule has 130 valence electrons. The molecule has 1 N–H and O–H groups in total. The number of carbonyl (C=O) groups excluding carboxylic acids is 1. The predicted octanol–water partition coefficient (Wildman–Crippen LogP) is 3.79. The molecule has 25 heavy (non-hydrogen) atoms. The Balaban J connectivity index is 1.87. The van der Waals surface area contributed by atoms with Gasteiger partial charge >= 0.3 is 0 Å². The van der Waals surface area contributed by atoms with Gasteiger partial charge in [-0.25, -0.2) is 14.4 Å². The summed E-state index contributed by atoms with van der Waals surface area (Å²) in [6.07, 6.45) is 2.26. The summed E-state index contributed by atoms with van der Waals surface area (Å²) in [5.41, 5.74) is 1.70. The molecule has 2 heterocycles. The van der Waals surface area contributed by atoms with Crippen molar-refractivity contribution >= 4 is 27.5 Å². The van der Waals surface area contributed by atoms with E-state index < -0.39 is 0 Å². The molecule has 1 unspecified atom stereocenters. The van der Waals surface area contributed by atoms with E-state index in [0.717, 1.165) is 27.8 Å². The first kappa shape index (κ1) is 17.3. The molecule has 3 rings (SSSR count). The third-order valence-corrected chi connectivity index (χ3v) is 4.74. The van der Waals surface area contributed by atoms with E-state index in [1.54, 1.807) is 12.1 Å². The van der Waals surface area contributed by atoms with Crippen molar-refractivity contribution in [1.82, 2.24) is 15.3 Å². The summed E-state index contributed by atoms with van der Waals surface area (Å²) < 4.78 is 18.8. The van der Waals surface area contributed by atoms with Crippen LogP contribution < -0.4 is 10.1 Å². The minimum Gasteiger partial charge on any atom is -0.467 e. The number of hydrogen-bond acceptors (Lipinski definition) is 5. The number of rotatable bonds is 6. The van der Waals surface area contributed by atoms with E-state index in [4.69, 9.17) is 4.74 Å². The van der Waals surface area contributed by atoms with E-state index in [2.05, 4.69) is 15.3 Å². The van der Waals surface area contributed by atoms with Crippen LogP contribution >= 0.6 is 11.3 Å². The Morgan fingerprint density at radius 2 is 2.08 bits per heavy atom. The van der Waals surface area contributed by atoms with Gasteiger partial charge in [0.15, 0.2) is 6.61 Å². The molecule has 0 fully saturated rings. The van der Waals surface area contributed by atoms with Crippen LogP contribution in [-0.4, -0.2) is 28.5 Å². The first-order valence-corrected chi connectivity index (χ1v) is 8.86. The van der Waals surface area contributed by atoms with Crippen molar-refractivity contribution in [2.75, 3.05) is 6.61 Å². The molecule has 0 aliphatic rings. The van der Waals surface area contributed by atoms with Crippen molar-refractivity contribution in [1.29, 1.82) is 0 Å². The lowest BCUT2D eigenvalue weighted by molar-refractivity contribution is -0.123. The van der Waals surface area contributed by atoms with Crippen LogP contribution in [0.25, 0.3) is 21.3 Å². The van der Waals surface area contributed by atoms with Gasteiger partial charge in [0, 0.05) is 17.0 Å². The van der Waals surface area contributed by atoms with Gasteiger partial charge in [-0.2, -0.15) is 0 Å². The number of fused-ring (bicyclic) bond motifs is 1. The fraction of sp³-hybridized carbons (Fsp3) is 0.278. The summed E-state index contributed by atoms with van der Waals surface area (Å²) in [6.45, 7) is 3.82. The Labute approximate surface area is 148 Å². The van der Waals surface area contributed by atoms with Crippen LogP contribution in [0.4, 0.5) is 4.39 Å². The maximum atomic E-state index is 13.2. The van der Waals surface area contributed by atoms with Crippen molar-refractivity contribution in [3.63, 3.8) is 0 Å². The fourth-order valence-corrected chi connectivity index (χ4v) is 3.26. The number of hydrogen-bond donors (Lipinski definition) is 1. The Morgan fingerprint density at radius 3 is 2.80 bits per heavy atom. The van der Waals surface area contributed by atoms with E-state index in [1.165, 1.54) is 29.8 Å². The van der Waals surface area contributed by atoms with Crippen LogP contribution in [0.5, 0.6) is 5.88 Å². The maximum Gasteiger partial charge on any atom is 0.258 e. The zero-order chi connectivity index (χ0) is 17.8. The van der Waals surface area contributed by atoms with Crippen molar-refractivity contribution in [3.8, 4) is 17.0 Å². The van der Waals surface area contributed by atoms with Crippen LogP contribution in [0.2, 0.25) is 0 Å². The van der Waals surface area contributed by atoms with Gasteiger partial charge < -0.3 is 10.1 Å². The van der Waals surface area contributed by atoms with Crippen molar-refractivity contribution in [3.05, 3.63) is 41.8 Å². The Kier molecular flexibility index (Phi) is 5.23. The third kappa shape index (κ3) is 3.93. The molecular weight excluding hydrogens is 341 g/mol. The van der Waals surface area contributed by atoms with Crippen molar-refractivity contribution in [2.24, 2.45) is 0 Å². The third-order valence-electron chi connectivity index (χ3n) is 3.85. The van der Waals surface area contributed by atoms with Crippen LogP contribution in [0, 0.1) is 5.82 Å². The maximum absolute atomic E-state index is 13.2. The molecule has 0 bridgehead atoms. The highest BCUT2D eigenvalue weighted by atomic mass is 32.1. The zero-order valence-electron chi connectivity index (χ0n) is 14.0. The van der Waals surface area contributed by atoms with Gasteiger partial charge in [-0.05, 0) is 31.0 Å². The van der Waals surface area contributed by atoms with Gasteiger partial charge in [0.2, 0.25) is 5.88 Å². The second kappa shape index (κ2) is 7.57. The standard InChI is InChI=1S/C18H18FN3O2S/c1-3-11(2)22-15(23)8-24-17-16-14(9-25-18(16)21-10-20-17)12-4-6-13(19)7-5-12/h4-7,9-11H,3,8H2,1-2H3,(H,22,23). The van der Waals surface area contributed by atoms with E-state index in [9.17, 15) is 9.18 Å². The van der Waals surface area contributed by atoms with Crippen molar-refractivity contribution in [2.45, 2.75) is 26.3 Å². The van der Waals surface area contributed by atoms with E-state index in [0.29, 0.717) is 5.88 Å². The monoisotopic (exact) mass is 359 g/mol. The average molecular weight is 359 g/mol. The highest BCUT2D eigenvalue weighted by Gasteiger charge is 2.15. The lowest BCUT2D eigenvalue weighted by Gasteiger charge is -2.12. The number of amides is 1. The van der Waals surface area contributed by atoms with Crippen LogP contribution in [0.1, 0.15) is 20.3 Å². The largest absolute Gasteiger partial charge is 0.467 e. The fourth-order valence-electron chi connectivity index (χ4n) is 2.35. The number of thiophene rings is 1. The van der Waals surface area contributed by atoms with Crippen LogP contribution in [-0.2, 0) is 4.79 Å². The van der Waals surface area contributed by atoms with E-state index in [-0.39, 0.29) is 24.4 Å². The minimum atomic E-state index is -0.294. The van der Waals surface area contributed by atoms with Gasteiger partial charge in [-0.15, -0.1) is 11.3 Å². The molecular formula is C18H18FN3O2S. The normalized spacial score (nSPS) is 12.1. The van der Waals surface area contributed by atoms with Gasteiger partial charge in [0.05, 0.1) is 5.39 Å². The molecule has 0 spiro atoms. The number of nitrogens with one attached hydrogen (secondary N) is 1. The molecule has 0 radical (unpaired) electrons. The first-order chi connectivity index (χ1) is 12.1. The summed E-state index contributed by atoms with van der Waals surface area (Å²) in [7, 11) is 0. The Hall–Kier alpha value is -2.54. The lowest BCUT2D eigenvalue weighted by atomic mass is 10.1. The number of carbonyl (C=O) groups is 1. The highest BCUT2D eigenvalue weighted by molar-refractivity contribution is 7.17. The molecule has 2 aromatic heterocycles. The molecule has 0 aliphatic heterocycles. The quantitative estimate of drug-likeness (QED) is 0.727. The Bertz CT molecular complexity index is 880. The lowest BCUT2D eigenvalue weighted by Crippen LogP contribution is -2.35. The van der Waals surface area contributed by atoms with Crippen LogP contribution in [0.15, 0.2) is 36.0 Å². The molecule has 0 saturated carbocycles. The van der Waals surface area contributed by atoms with Gasteiger partial charge in [-0.3, -0.25) is 4.79 Å². The average Bonchev–Trinajstić information content (AvgIpc) is 3.05. The smallest absolute Gasteiger partial charge is 0.258 e. The number of ether oxygens (including phenoxy) is 1. The zero-order valence-corrected chi connectivity index (χ0v) is 14.8. The molecule has 7 heteroatoms. The van der Waals surface area contributed by atoms with E-state index >= 15 is 0 Å². The first-order valence-electron chi connectivity index (χ1n) is 7.98. The molecule has 0 saturated heterocycles. The highest BCUT2D eigenvalue weighted by Crippen LogP contribution is 2.37. The summed E-state index contributed by atoms with van der Waals surface area (Å²) in [5, 5.41) is 5.51. The van der Waals surface area contributed by atoms with Crippen LogP contribution in [0.3, 0.4) is 0 Å². The SMILES string of the molecule is CCC(C)NC(=O)COc1ncnc2scc(-c3ccc(F)cc3)c12. The van der Waals surface area contributed by atoms with Gasteiger partial charge in [0.1, 0.15) is 17.0 Å². The van der Waals surface area contributed by atoms with Gasteiger partial charge in [0.25, 0.3) is 5.91 Å². The summed E-state index contributed by atoms with van der Waals surface area (Å²) in [5.74, 6) is -0.137. The summed E-state index contributed by atoms with van der Waals surface area (Å²) in [6, 6.07) is 6.30. The molecule has 1 amide bonds. The van der Waals surface area contributed by atoms with E-state index in [1.807, 2.05) is 19.2 Å². The van der Waals surface area contributed by atoms with Crippen molar-refractivity contribution < 1.29 is 13.9 Å². The number of aromatic nitrogens is 2. The number of benzene rings is 1. The second-order valence-electron chi connectivity index (χ2n) is 5.68. The predicted molar refractivity (Wildman–Crippen MR) is 96.2 cm³/mol. The summed E-state index contributed by atoms with van der Waals surface area (Å²) >= 11 is 1.45. The van der Waals surface area contributed by atoms with Gasteiger partial charge in [-0.1, -0.05) is 19.1 Å². The topological polar surface area (TPSA) is 64.1 Å². The minimum absolute atomic E-state index is 0.0949. The molecule has 0 aliphatic carbocycles. The molecule has 1 aromatic carbocycles. The molecule has 3 aromatic rings. The second-order valence-corrected chi connectivity index (χ2v) is 6.54. The summed E-state index contributed by atoms with van der Waals surface area (Å²) in [4.78, 5) is 21.1. The number of nitrogens with zero attached hydrogens (tertiary/aromatic N) is 2. The molecule has 5 nitrogen and oxygen atoms in total. The molecule has 1 atom stereocenters. The number of halogens is 1. The Morgan fingerprint density at radius 1 is 1.32 bits per heavy atom.